The summed E-state index contributed by atoms with van der Waals surface area (Å²) < 4.78 is 0. The molecular weight excluding hydrogens is 296 g/mol. The number of urea groups is 1. The van der Waals surface area contributed by atoms with Crippen molar-refractivity contribution in [2.45, 2.75) is 38.8 Å². The van der Waals surface area contributed by atoms with E-state index in [4.69, 9.17) is 0 Å². The second-order valence-electron chi connectivity index (χ2n) is 6.38. The average molecular weight is 322 g/mol. The number of amides is 2. The van der Waals surface area contributed by atoms with E-state index in [0.717, 1.165) is 25.9 Å². The summed E-state index contributed by atoms with van der Waals surface area (Å²) in [4.78, 5) is 17.2. The summed E-state index contributed by atoms with van der Waals surface area (Å²) in [5.74, 6) is 0. The highest BCUT2D eigenvalue weighted by Crippen LogP contribution is 2.44. The lowest BCUT2D eigenvalue weighted by Gasteiger charge is -2.28. The quantitative estimate of drug-likeness (QED) is 0.732. The van der Waals surface area contributed by atoms with E-state index in [-0.39, 0.29) is 18.1 Å². The Labute approximate surface area is 144 Å². The van der Waals surface area contributed by atoms with Crippen LogP contribution in [0.1, 0.15) is 49.9 Å². The first kappa shape index (κ1) is 16.6. The van der Waals surface area contributed by atoms with Crippen LogP contribution in [0.5, 0.6) is 0 Å². The molecule has 126 valence electrons. The van der Waals surface area contributed by atoms with Gasteiger partial charge in [0.15, 0.2) is 0 Å². The van der Waals surface area contributed by atoms with E-state index in [1.54, 1.807) is 0 Å². The van der Waals surface area contributed by atoms with Crippen molar-refractivity contribution in [2.75, 3.05) is 13.1 Å². The lowest BCUT2D eigenvalue weighted by atomic mass is 9.93. The first-order valence-electron chi connectivity index (χ1n) is 8.95. The molecular formula is C21H26N2O. The van der Waals surface area contributed by atoms with Gasteiger partial charge >= 0.3 is 6.03 Å². The van der Waals surface area contributed by atoms with Crippen LogP contribution in [0.15, 0.2) is 60.7 Å². The van der Waals surface area contributed by atoms with Gasteiger partial charge in [0.2, 0.25) is 0 Å². The minimum atomic E-state index is 0.0765. The third-order valence-corrected chi connectivity index (χ3v) is 4.67. The van der Waals surface area contributed by atoms with Gasteiger partial charge in [-0.05, 0) is 24.0 Å². The Bertz CT molecular complexity index is 599. The van der Waals surface area contributed by atoms with Crippen LogP contribution in [-0.4, -0.2) is 28.9 Å². The Kier molecular flexibility index (Phi) is 5.19. The maximum Gasteiger partial charge on any atom is 0.321 e. The molecule has 3 heteroatoms. The smallest absolute Gasteiger partial charge is 0.315 e. The van der Waals surface area contributed by atoms with Crippen molar-refractivity contribution in [2.24, 2.45) is 0 Å². The molecule has 2 aromatic rings. The molecule has 3 nitrogen and oxygen atoms in total. The van der Waals surface area contributed by atoms with Crippen LogP contribution in [0.4, 0.5) is 4.79 Å². The van der Waals surface area contributed by atoms with Gasteiger partial charge in [-0.3, -0.25) is 0 Å². The fourth-order valence-electron chi connectivity index (χ4n) is 3.72. The monoisotopic (exact) mass is 322 g/mol. The summed E-state index contributed by atoms with van der Waals surface area (Å²) in [7, 11) is 0. The number of nitrogens with zero attached hydrogens (tertiary/aromatic N) is 2. The molecule has 0 aromatic heterocycles. The molecule has 1 heterocycles. The van der Waals surface area contributed by atoms with Crippen LogP contribution in [0.25, 0.3) is 0 Å². The van der Waals surface area contributed by atoms with Gasteiger partial charge in [-0.15, -0.1) is 0 Å². The molecule has 2 amide bonds. The normalized spacial score (nSPS) is 20.7. The second-order valence-corrected chi connectivity index (χ2v) is 6.38. The van der Waals surface area contributed by atoms with E-state index in [9.17, 15) is 4.79 Å². The van der Waals surface area contributed by atoms with Crippen molar-refractivity contribution in [3.8, 4) is 0 Å². The first-order valence-corrected chi connectivity index (χ1v) is 8.95. The van der Waals surface area contributed by atoms with Gasteiger partial charge in [-0.2, -0.15) is 0 Å². The van der Waals surface area contributed by atoms with Crippen molar-refractivity contribution < 1.29 is 4.79 Å². The van der Waals surface area contributed by atoms with Gasteiger partial charge in [-0.25, -0.2) is 4.79 Å². The van der Waals surface area contributed by atoms with Gasteiger partial charge in [0.05, 0.1) is 12.1 Å². The van der Waals surface area contributed by atoms with E-state index >= 15 is 0 Å². The van der Waals surface area contributed by atoms with E-state index < -0.39 is 0 Å². The predicted molar refractivity (Wildman–Crippen MR) is 97.8 cm³/mol. The van der Waals surface area contributed by atoms with Gasteiger partial charge < -0.3 is 9.80 Å². The SMILES string of the molecule is CCCN1C(=O)N(CCC)[C@H](c2ccccc2)[C@H]1c1ccccc1. The van der Waals surface area contributed by atoms with Crippen LogP contribution >= 0.6 is 0 Å². The van der Waals surface area contributed by atoms with Gasteiger partial charge in [0.1, 0.15) is 0 Å². The second kappa shape index (κ2) is 7.52. The standard InChI is InChI=1S/C21H26N2O/c1-3-15-22-19(17-11-7-5-8-12-17)20(18-13-9-6-10-14-18)23(16-4-2)21(22)24/h5-14,19-20H,3-4,15-16H2,1-2H3/t19-,20-/m1/s1. The molecule has 2 aromatic carbocycles. The number of hydrogen-bond donors (Lipinski definition) is 0. The number of carbonyl (C=O) groups excluding carboxylic acids is 1. The van der Waals surface area contributed by atoms with E-state index in [2.05, 4.69) is 72.2 Å². The van der Waals surface area contributed by atoms with Crippen molar-refractivity contribution in [3.63, 3.8) is 0 Å². The summed E-state index contributed by atoms with van der Waals surface area (Å²) in [6.45, 7) is 5.86. The fraction of sp³-hybridized carbons (Fsp3) is 0.381. The third kappa shape index (κ3) is 3.03. The third-order valence-electron chi connectivity index (χ3n) is 4.67. The van der Waals surface area contributed by atoms with Crippen molar-refractivity contribution in [3.05, 3.63) is 71.8 Å². The molecule has 0 spiro atoms. The first-order chi connectivity index (χ1) is 11.8. The lowest BCUT2D eigenvalue weighted by molar-refractivity contribution is 0.184. The van der Waals surface area contributed by atoms with Crippen molar-refractivity contribution in [1.82, 2.24) is 9.80 Å². The molecule has 2 atom stereocenters. The van der Waals surface area contributed by atoms with Gasteiger partial charge in [-0.1, -0.05) is 74.5 Å². The average Bonchev–Trinajstić information content (AvgIpc) is 2.90. The van der Waals surface area contributed by atoms with E-state index in [1.807, 2.05) is 12.1 Å². The van der Waals surface area contributed by atoms with E-state index in [1.165, 1.54) is 11.1 Å². The Morgan fingerprint density at radius 1 is 0.708 bits per heavy atom. The Morgan fingerprint density at radius 3 is 1.42 bits per heavy atom. The van der Waals surface area contributed by atoms with Crippen LogP contribution in [-0.2, 0) is 0 Å². The molecule has 1 aliphatic heterocycles. The molecule has 1 saturated heterocycles. The van der Waals surface area contributed by atoms with E-state index in [0.29, 0.717) is 0 Å². The maximum absolute atomic E-state index is 13.1. The fourth-order valence-corrected chi connectivity index (χ4v) is 3.72. The molecule has 0 N–H and O–H groups in total. The number of rotatable bonds is 6. The summed E-state index contributed by atoms with van der Waals surface area (Å²) in [5, 5.41) is 0. The minimum Gasteiger partial charge on any atom is -0.315 e. The van der Waals surface area contributed by atoms with Crippen molar-refractivity contribution >= 4 is 6.03 Å². The molecule has 1 aliphatic rings. The van der Waals surface area contributed by atoms with Gasteiger partial charge in [0.25, 0.3) is 0 Å². The van der Waals surface area contributed by atoms with Crippen LogP contribution in [0.3, 0.4) is 0 Å². The maximum atomic E-state index is 13.1. The Morgan fingerprint density at radius 2 is 1.08 bits per heavy atom. The molecule has 0 aliphatic carbocycles. The Hall–Kier alpha value is -2.29. The summed E-state index contributed by atoms with van der Waals surface area (Å²) in [5.41, 5.74) is 2.43. The summed E-state index contributed by atoms with van der Waals surface area (Å²) in [6, 6.07) is 21.2. The molecule has 24 heavy (non-hydrogen) atoms. The topological polar surface area (TPSA) is 23.6 Å². The molecule has 0 saturated carbocycles. The van der Waals surface area contributed by atoms with Crippen molar-refractivity contribution in [1.29, 1.82) is 0 Å². The zero-order valence-electron chi connectivity index (χ0n) is 14.6. The van der Waals surface area contributed by atoms with Gasteiger partial charge in [0, 0.05) is 13.1 Å². The predicted octanol–water partition coefficient (Wildman–Crippen LogP) is 5.03. The summed E-state index contributed by atoms with van der Waals surface area (Å²) >= 11 is 0. The zero-order chi connectivity index (χ0) is 16.9. The van der Waals surface area contributed by atoms with Crippen LogP contribution in [0, 0.1) is 0 Å². The molecule has 0 bridgehead atoms. The summed E-state index contributed by atoms with van der Waals surface area (Å²) in [6.07, 6.45) is 1.94. The van der Waals surface area contributed by atoms with Crippen LogP contribution in [0.2, 0.25) is 0 Å². The zero-order valence-corrected chi connectivity index (χ0v) is 14.6. The number of hydrogen-bond acceptors (Lipinski definition) is 1. The number of benzene rings is 2. The van der Waals surface area contributed by atoms with Crippen LogP contribution < -0.4 is 0 Å². The largest absolute Gasteiger partial charge is 0.321 e. The minimum absolute atomic E-state index is 0.0765. The highest BCUT2D eigenvalue weighted by molar-refractivity contribution is 5.78. The highest BCUT2D eigenvalue weighted by Gasteiger charge is 2.46. The highest BCUT2D eigenvalue weighted by atomic mass is 16.2. The molecule has 0 radical (unpaired) electrons. The Balaban J connectivity index is 2.09. The number of carbonyl (C=O) groups is 1. The molecule has 0 unspecified atom stereocenters. The molecule has 1 fully saturated rings. The molecule has 3 rings (SSSR count). The lowest BCUT2D eigenvalue weighted by Crippen LogP contribution is -2.33.